The van der Waals surface area contributed by atoms with Crippen LogP contribution >= 0.6 is 0 Å². The van der Waals surface area contributed by atoms with Crippen LogP contribution in [0.25, 0.3) is 0 Å². The lowest BCUT2D eigenvalue weighted by Crippen LogP contribution is -2.32. The van der Waals surface area contributed by atoms with E-state index in [1.807, 2.05) is 4.72 Å². The van der Waals surface area contributed by atoms with Gasteiger partial charge in [-0.1, -0.05) is 12.8 Å². The fraction of sp³-hybridized carbons (Fsp3) is 0.533. The van der Waals surface area contributed by atoms with E-state index in [1.54, 1.807) is 0 Å². The number of amides is 1. The van der Waals surface area contributed by atoms with E-state index in [1.165, 1.54) is 35.5 Å². The summed E-state index contributed by atoms with van der Waals surface area (Å²) in [7, 11) is -7.24. The number of hydrogen-bond donors (Lipinski definition) is 1. The maximum atomic E-state index is 12.6. The highest BCUT2D eigenvalue weighted by atomic mass is 32.2. The Morgan fingerprint density at radius 2 is 1.54 bits per heavy atom. The number of nitrogens with one attached hydrogen (secondary N) is 1. The fourth-order valence-electron chi connectivity index (χ4n) is 2.48. The molecule has 1 aromatic rings. The van der Waals surface area contributed by atoms with Gasteiger partial charge < -0.3 is 0 Å². The van der Waals surface area contributed by atoms with Crippen molar-refractivity contribution < 1.29 is 21.6 Å². The first-order valence-corrected chi connectivity index (χ1v) is 11.0. The average Bonchev–Trinajstić information content (AvgIpc) is 2.84. The summed E-state index contributed by atoms with van der Waals surface area (Å²) in [6.07, 6.45) is 3.73. The molecule has 1 heterocycles. The van der Waals surface area contributed by atoms with Crippen LogP contribution in [0, 0.1) is 0 Å². The Kier molecular flexibility index (Phi) is 6.00. The van der Waals surface area contributed by atoms with E-state index in [4.69, 9.17) is 0 Å². The predicted octanol–water partition coefficient (Wildman–Crippen LogP) is 1.33. The van der Waals surface area contributed by atoms with E-state index in [0.29, 0.717) is 13.1 Å². The van der Waals surface area contributed by atoms with Crippen LogP contribution in [-0.2, 0) is 20.0 Å². The number of nitrogens with zero attached hydrogens (tertiary/aromatic N) is 1. The van der Waals surface area contributed by atoms with E-state index < -0.39 is 26.0 Å². The topological polar surface area (TPSA) is 101 Å². The van der Waals surface area contributed by atoms with Gasteiger partial charge >= 0.3 is 0 Å². The molecule has 0 aromatic heterocycles. The number of hydrogen-bond acceptors (Lipinski definition) is 5. The summed E-state index contributed by atoms with van der Waals surface area (Å²) in [6, 6.07) is 5.33. The van der Waals surface area contributed by atoms with Gasteiger partial charge in [-0.2, -0.15) is 4.31 Å². The third-order valence-electron chi connectivity index (χ3n) is 3.95. The van der Waals surface area contributed by atoms with Crippen LogP contribution in [0.5, 0.6) is 0 Å². The normalized spacial score (nSPS) is 17.2. The molecule has 1 saturated heterocycles. The van der Waals surface area contributed by atoms with Crippen molar-refractivity contribution >= 4 is 26.0 Å². The van der Waals surface area contributed by atoms with Gasteiger partial charge in [-0.05, 0) is 44.0 Å². The van der Waals surface area contributed by atoms with E-state index in [9.17, 15) is 21.6 Å². The summed E-state index contributed by atoms with van der Waals surface area (Å²) < 4.78 is 51.5. The van der Waals surface area contributed by atoms with E-state index >= 15 is 0 Å². The van der Waals surface area contributed by atoms with Crippen LogP contribution in [0.2, 0.25) is 0 Å². The Hall–Kier alpha value is -1.45. The van der Waals surface area contributed by atoms with Gasteiger partial charge in [0, 0.05) is 18.7 Å². The molecule has 1 fully saturated rings. The summed E-state index contributed by atoms with van der Waals surface area (Å²) in [5.74, 6) is -0.976. The van der Waals surface area contributed by atoms with Gasteiger partial charge in [-0.15, -0.1) is 0 Å². The highest BCUT2D eigenvalue weighted by molar-refractivity contribution is 7.90. The highest BCUT2D eigenvalue weighted by Gasteiger charge is 2.25. The molecule has 24 heavy (non-hydrogen) atoms. The Labute approximate surface area is 143 Å². The molecule has 1 aromatic carbocycles. The summed E-state index contributed by atoms with van der Waals surface area (Å²) in [6.45, 7) is 2.42. The fourth-order valence-corrected chi connectivity index (χ4v) is 4.54. The summed E-state index contributed by atoms with van der Waals surface area (Å²) in [5.41, 5.74) is 0.0989. The molecule has 0 saturated carbocycles. The molecule has 2 rings (SSSR count). The van der Waals surface area contributed by atoms with Crippen molar-refractivity contribution in [2.24, 2.45) is 0 Å². The molecular formula is C15H22N2O5S2. The Balaban J connectivity index is 2.17. The summed E-state index contributed by atoms with van der Waals surface area (Å²) in [5, 5.41) is 0. The molecule has 1 N–H and O–H groups in total. The molecule has 0 spiro atoms. The molecule has 0 atom stereocenters. The zero-order valence-electron chi connectivity index (χ0n) is 13.6. The van der Waals surface area contributed by atoms with Gasteiger partial charge in [0.25, 0.3) is 5.91 Å². The summed E-state index contributed by atoms with van der Waals surface area (Å²) >= 11 is 0. The average molecular weight is 374 g/mol. The van der Waals surface area contributed by atoms with Crippen LogP contribution < -0.4 is 4.72 Å². The maximum absolute atomic E-state index is 12.6. The molecule has 9 heteroatoms. The maximum Gasteiger partial charge on any atom is 0.264 e. The van der Waals surface area contributed by atoms with Gasteiger partial charge in [0.05, 0.1) is 10.6 Å². The van der Waals surface area contributed by atoms with Crippen molar-refractivity contribution in [1.82, 2.24) is 9.03 Å². The van der Waals surface area contributed by atoms with Gasteiger partial charge in [0.15, 0.2) is 0 Å². The van der Waals surface area contributed by atoms with E-state index in [0.717, 1.165) is 25.7 Å². The molecule has 7 nitrogen and oxygen atoms in total. The molecule has 1 aliphatic rings. The standard InChI is InChI=1S/C15H22N2O5S2/c1-2-23(19,20)16-15(18)13-7-9-14(10-8-13)24(21,22)17-11-5-3-4-6-12-17/h7-10H,2-6,11-12H2,1H3,(H,16,18). The van der Waals surface area contributed by atoms with Crippen LogP contribution in [0.1, 0.15) is 43.0 Å². The lowest BCUT2D eigenvalue weighted by atomic mass is 10.2. The first kappa shape index (κ1) is 18.9. The molecular weight excluding hydrogens is 352 g/mol. The second-order valence-electron chi connectivity index (χ2n) is 5.68. The monoisotopic (exact) mass is 374 g/mol. The van der Waals surface area contributed by atoms with Crippen LogP contribution in [0.3, 0.4) is 0 Å². The first-order chi connectivity index (χ1) is 11.3. The van der Waals surface area contributed by atoms with Crippen LogP contribution in [0.4, 0.5) is 0 Å². The minimum Gasteiger partial charge on any atom is -0.268 e. The third-order valence-corrected chi connectivity index (χ3v) is 7.12. The molecule has 1 amide bonds. The van der Waals surface area contributed by atoms with E-state index in [-0.39, 0.29) is 16.2 Å². The molecule has 1 aliphatic heterocycles. The number of carbonyl (C=O) groups excluding carboxylic acids is 1. The van der Waals surface area contributed by atoms with Gasteiger partial charge in [0.1, 0.15) is 0 Å². The van der Waals surface area contributed by atoms with Gasteiger partial charge in [0.2, 0.25) is 20.0 Å². The van der Waals surface area contributed by atoms with Crippen molar-refractivity contribution in [3.8, 4) is 0 Å². The van der Waals surface area contributed by atoms with Crippen molar-refractivity contribution in [2.75, 3.05) is 18.8 Å². The molecule has 0 unspecified atom stereocenters. The number of rotatable bonds is 5. The Morgan fingerprint density at radius 3 is 2.04 bits per heavy atom. The molecule has 0 radical (unpaired) electrons. The highest BCUT2D eigenvalue weighted by Crippen LogP contribution is 2.20. The van der Waals surface area contributed by atoms with Crippen molar-refractivity contribution in [3.63, 3.8) is 0 Å². The predicted molar refractivity (Wildman–Crippen MR) is 90.6 cm³/mol. The number of carbonyl (C=O) groups is 1. The largest absolute Gasteiger partial charge is 0.268 e. The molecule has 134 valence electrons. The van der Waals surface area contributed by atoms with Crippen molar-refractivity contribution in [3.05, 3.63) is 29.8 Å². The quantitative estimate of drug-likeness (QED) is 0.838. The number of benzene rings is 1. The molecule has 0 aliphatic carbocycles. The zero-order valence-corrected chi connectivity index (χ0v) is 15.2. The lowest BCUT2D eigenvalue weighted by molar-refractivity contribution is 0.0981. The number of sulfonamides is 2. The molecule has 0 bridgehead atoms. The second kappa shape index (κ2) is 7.62. The smallest absolute Gasteiger partial charge is 0.264 e. The van der Waals surface area contributed by atoms with Gasteiger partial charge in [-0.3, -0.25) is 4.79 Å². The minimum absolute atomic E-state index is 0.0989. The Morgan fingerprint density at radius 1 is 1.00 bits per heavy atom. The lowest BCUT2D eigenvalue weighted by Gasteiger charge is -2.20. The Bertz CT molecular complexity index is 778. The minimum atomic E-state index is -3.65. The third kappa shape index (κ3) is 4.55. The summed E-state index contributed by atoms with van der Waals surface area (Å²) in [4.78, 5) is 12.0. The van der Waals surface area contributed by atoms with Crippen molar-refractivity contribution in [1.29, 1.82) is 0 Å². The second-order valence-corrected chi connectivity index (χ2v) is 9.63. The van der Waals surface area contributed by atoms with Gasteiger partial charge in [-0.25, -0.2) is 21.6 Å². The van der Waals surface area contributed by atoms with E-state index in [2.05, 4.69) is 0 Å². The SMILES string of the molecule is CCS(=O)(=O)NC(=O)c1ccc(S(=O)(=O)N2CCCCCC2)cc1. The zero-order chi connectivity index (χ0) is 17.8. The van der Waals surface area contributed by atoms with Crippen molar-refractivity contribution in [2.45, 2.75) is 37.5 Å². The van der Waals surface area contributed by atoms with Crippen LogP contribution in [0.15, 0.2) is 29.2 Å². The van der Waals surface area contributed by atoms with Crippen LogP contribution in [-0.4, -0.2) is 45.9 Å². The first-order valence-electron chi connectivity index (χ1n) is 7.91.